The highest BCUT2D eigenvalue weighted by Crippen LogP contribution is 2.33. The van der Waals surface area contributed by atoms with Crippen LogP contribution in [0.15, 0.2) is 67.0 Å². The van der Waals surface area contributed by atoms with Gasteiger partial charge in [-0.3, -0.25) is 5.10 Å². The Kier molecular flexibility index (Phi) is 5.22. The van der Waals surface area contributed by atoms with E-state index in [2.05, 4.69) is 30.5 Å². The molecule has 0 spiro atoms. The summed E-state index contributed by atoms with van der Waals surface area (Å²) in [5.74, 6) is 1.82. The predicted molar refractivity (Wildman–Crippen MR) is 126 cm³/mol. The van der Waals surface area contributed by atoms with Crippen LogP contribution in [0.1, 0.15) is 0 Å². The number of nitrogens with two attached hydrogens (primary N) is 1. The lowest BCUT2D eigenvalue weighted by Gasteiger charge is -2.11. The molecule has 32 heavy (non-hydrogen) atoms. The first-order chi connectivity index (χ1) is 15.5. The lowest BCUT2D eigenvalue weighted by molar-refractivity contribution is 0.484. The first kappa shape index (κ1) is 20.0. The van der Waals surface area contributed by atoms with Gasteiger partial charge in [0, 0.05) is 28.9 Å². The molecule has 10 heteroatoms. The van der Waals surface area contributed by atoms with Crippen LogP contribution in [-0.2, 0) is 0 Å². The second-order valence-electron chi connectivity index (χ2n) is 6.86. The second-order valence-corrected chi connectivity index (χ2v) is 7.65. The number of fused-ring (bicyclic) bond motifs is 1. The van der Waals surface area contributed by atoms with E-state index in [4.69, 9.17) is 33.7 Å². The number of hydrogen-bond acceptors (Lipinski definition) is 7. The summed E-state index contributed by atoms with van der Waals surface area (Å²) in [6, 6.07) is 16.2. The fourth-order valence-electron chi connectivity index (χ4n) is 3.13. The summed E-state index contributed by atoms with van der Waals surface area (Å²) in [5, 5.41) is 11.9. The maximum absolute atomic E-state index is 6.45. The van der Waals surface area contributed by atoms with Crippen LogP contribution in [0.2, 0.25) is 10.2 Å². The zero-order valence-electron chi connectivity index (χ0n) is 16.4. The largest absolute Gasteiger partial charge is 0.456 e. The summed E-state index contributed by atoms with van der Waals surface area (Å²) in [6.45, 7) is 0. The Labute approximate surface area is 192 Å². The molecule has 0 aliphatic heterocycles. The number of H-pyrrole nitrogens is 1. The van der Waals surface area contributed by atoms with E-state index in [1.54, 1.807) is 36.7 Å². The van der Waals surface area contributed by atoms with Crippen molar-refractivity contribution in [2.45, 2.75) is 0 Å². The van der Waals surface area contributed by atoms with E-state index in [0.717, 1.165) is 16.5 Å². The molecule has 2 aromatic carbocycles. The minimum absolute atomic E-state index is 0.126. The molecule has 3 aromatic heterocycles. The molecular formula is C22H15Cl2N7O. The number of nitrogens with one attached hydrogen (secondary N) is 2. The van der Waals surface area contributed by atoms with E-state index in [-0.39, 0.29) is 5.95 Å². The highest BCUT2D eigenvalue weighted by molar-refractivity contribution is 6.32. The smallest absolute Gasteiger partial charge is 0.222 e. The average Bonchev–Trinajstić information content (AvgIpc) is 3.24. The molecule has 8 nitrogen and oxygen atoms in total. The molecule has 0 radical (unpaired) electrons. The zero-order valence-corrected chi connectivity index (χ0v) is 17.9. The van der Waals surface area contributed by atoms with E-state index in [1.165, 1.54) is 0 Å². The van der Waals surface area contributed by atoms with Gasteiger partial charge >= 0.3 is 0 Å². The Morgan fingerprint density at radius 1 is 0.938 bits per heavy atom. The third-order valence-electron chi connectivity index (χ3n) is 4.61. The standard InChI is InChI=1S/C22H15Cl2N7O/c23-16-8-14(2-5-19(16)32-15-3-4-17-13(7-15)11-27-31-17)28-21-9-18(29-22(25)30-21)12-1-6-20(24)26-10-12/h1-11H,(H,27,31)(H3,25,28,29,30). The minimum Gasteiger partial charge on any atom is -0.456 e. The molecule has 0 saturated heterocycles. The highest BCUT2D eigenvalue weighted by atomic mass is 35.5. The number of aromatic nitrogens is 5. The molecule has 0 bridgehead atoms. The Hall–Kier alpha value is -3.88. The third-order valence-corrected chi connectivity index (χ3v) is 5.13. The van der Waals surface area contributed by atoms with E-state index in [0.29, 0.717) is 38.9 Å². The van der Waals surface area contributed by atoms with Crippen LogP contribution in [0.25, 0.3) is 22.2 Å². The molecule has 0 amide bonds. The fourth-order valence-corrected chi connectivity index (χ4v) is 3.46. The van der Waals surface area contributed by atoms with Gasteiger partial charge in [-0.25, -0.2) is 9.97 Å². The Morgan fingerprint density at radius 2 is 1.84 bits per heavy atom. The number of aromatic amines is 1. The van der Waals surface area contributed by atoms with Gasteiger partial charge in [0.05, 0.1) is 22.4 Å². The Bertz CT molecular complexity index is 1420. The molecule has 5 rings (SSSR count). The summed E-state index contributed by atoms with van der Waals surface area (Å²) >= 11 is 12.3. The lowest BCUT2D eigenvalue weighted by Crippen LogP contribution is -2.01. The van der Waals surface area contributed by atoms with Crippen molar-refractivity contribution in [1.29, 1.82) is 0 Å². The predicted octanol–water partition coefficient (Wildman–Crippen LogP) is 5.84. The Morgan fingerprint density at radius 3 is 2.66 bits per heavy atom. The maximum Gasteiger partial charge on any atom is 0.222 e. The number of nitrogens with zero attached hydrogens (tertiary/aromatic N) is 4. The molecule has 158 valence electrons. The minimum atomic E-state index is 0.126. The first-order valence-corrected chi connectivity index (χ1v) is 10.2. The molecule has 0 aliphatic carbocycles. The number of benzene rings is 2. The lowest BCUT2D eigenvalue weighted by atomic mass is 10.2. The molecule has 0 atom stereocenters. The summed E-state index contributed by atoms with van der Waals surface area (Å²) < 4.78 is 5.93. The van der Waals surface area contributed by atoms with Crippen LogP contribution in [0.3, 0.4) is 0 Å². The number of hydrogen-bond donors (Lipinski definition) is 3. The SMILES string of the molecule is Nc1nc(Nc2ccc(Oc3ccc4[nH]ncc4c3)c(Cl)c2)cc(-c2ccc(Cl)nc2)n1. The van der Waals surface area contributed by atoms with Crippen molar-refractivity contribution in [3.05, 3.63) is 77.2 Å². The van der Waals surface area contributed by atoms with E-state index in [9.17, 15) is 0 Å². The summed E-state index contributed by atoms with van der Waals surface area (Å²) in [7, 11) is 0. The van der Waals surface area contributed by atoms with Crippen molar-refractivity contribution < 1.29 is 4.74 Å². The van der Waals surface area contributed by atoms with E-state index < -0.39 is 0 Å². The van der Waals surface area contributed by atoms with Crippen molar-refractivity contribution in [2.75, 3.05) is 11.1 Å². The van der Waals surface area contributed by atoms with Crippen LogP contribution in [-0.4, -0.2) is 25.1 Å². The topological polar surface area (TPSA) is 115 Å². The molecule has 5 aromatic rings. The second kappa shape index (κ2) is 8.33. The molecule has 3 heterocycles. The third kappa shape index (κ3) is 4.27. The van der Waals surface area contributed by atoms with Gasteiger partial charge in [-0.1, -0.05) is 23.2 Å². The number of anilines is 3. The van der Waals surface area contributed by atoms with Gasteiger partial charge < -0.3 is 15.8 Å². The van der Waals surface area contributed by atoms with Gasteiger partial charge in [0.25, 0.3) is 0 Å². The van der Waals surface area contributed by atoms with Crippen molar-refractivity contribution in [3.63, 3.8) is 0 Å². The van der Waals surface area contributed by atoms with Crippen LogP contribution < -0.4 is 15.8 Å². The Balaban J connectivity index is 1.36. The molecule has 0 unspecified atom stereocenters. The molecule has 0 aliphatic rings. The molecule has 0 fully saturated rings. The van der Waals surface area contributed by atoms with E-state index in [1.807, 2.05) is 30.3 Å². The monoisotopic (exact) mass is 463 g/mol. The molecular weight excluding hydrogens is 449 g/mol. The first-order valence-electron chi connectivity index (χ1n) is 9.47. The van der Waals surface area contributed by atoms with Gasteiger partial charge in [-0.15, -0.1) is 0 Å². The maximum atomic E-state index is 6.45. The van der Waals surface area contributed by atoms with E-state index >= 15 is 0 Å². The van der Waals surface area contributed by atoms with Crippen molar-refractivity contribution >= 4 is 51.6 Å². The van der Waals surface area contributed by atoms with Crippen LogP contribution >= 0.6 is 23.2 Å². The molecule has 0 saturated carbocycles. The van der Waals surface area contributed by atoms with Gasteiger partial charge in [-0.05, 0) is 48.5 Å². The molecule has 4 N–H and O–H groups in total. The number of nitrogen functional groups attached to an aromatic ring is 1. The van der Waals surface area contributed by atoms with Crippen molar-refractivity contribution in [1.82, 2.24) is 25.1 Å². The van der Waals surface area contributed by atoms with Crippen molar-refractivity contribution in [2.24, 2.45) is 0 Å². The summed E-state index contributed by atoms with van der Waals surface area (Å²) in [6.07, 6.45) is 3.36. The fraction of sp³-hybridized carbons (Fsp3) is 0. The normalized spacial score (nSPS) is 10.9. The van der Waals surface area contributed by atoms with Crippen molar-refractivity contribution in [3.8, 4) is 22.8 Å². The average molecular weight is 464 g/mol. The van der Waals surface area contributed by atoms with Gasteiger partial charge in [0.15, 0.2) is 0 Å². The summed E-state index contributed by atoms with van der Waals surface area (Å²) in [5.41, 5.74) is 8.92. The highest BCUT2D eigenvalue weighted by Gasteiger charge is 2.09. The van der Waals surface area contributed by atoms with Gasteiger partial charge in [-0.2, -0.15) is 10.1 Å². The quantitative estimate of drug-likeness (QED) is 0.280. The number of pyridine rings is 1. The number of rotatable bonds is 5. The van der Waals surface area contributed by atoms with Gasteiger partial charge in [0.2, 0.25) is 5.95 Å². The van der Waals surface area contributed by atoms with Crippen LogP contribution in [0, 0.1) is 0 Å². The number of ether oxygens (including phenoxy) is 1. The summed E-state index contributed by atoms with van der Waals surface area (Å²) in [4.78, 5) is 12.6. The zero-order chi connectivity index (χ0) is 22.1. The van der Waals surface area contributed by atoms with Gasteiger partial charge in [0.1, 0.15) is 22.5 Å². The number of halogens is 2. The van der Waals surface area contributed by atoms with Crippen LogP contribution in [0.4, 0.5) is 17.5 Å². The van der Waals surface area contributed by atoms with Crippen LogP contribution in [0.5, 0.6) is 11.5 Å².